The summed E-state index contributed by atoms with van der Waals surface area (Å²) >= 11 is 0. The van der Waals surface area contributed by atoms with Crippen molar-refractivity contribution in [2.75, 3.05) is 26.2 Å². The van der Waals surface area contributed by atoms with Gasteiger partial charge in [0.1, 0.15) is 5.76 Å². The number of nitrogens with two attached hydrogens (primary N) is 1. The standard InChI is InChI=1S/C23H26N4O2/c1-17-22(25-16-29-17)15-26-9-11-27(12-10-26)23(28)21-4-2-3-20(13-21)19-7-5-18(14-24)6-8-19/h2-8,13,16H,9-12,14-15,24H2,1H3. The molecule has 0 aliphatic carbocycles. The fraction of sp³-hybridized carbons (Fsp3) is 0.304. The van der Waals surface area contributed by atoms with Crippen LogP contribution in [0.25, 0.3) is 11.1 Å². The number of hydrogen-bond donors (Lipinski definition) is 1. The van der Waals surface area contributed by atoms with E-state index in [1.165, 1.54) is 6.39 Å². The van der Waals surface area contributed by atoms with Gasteiger partial charge in [0.05, 0.1) is 5.69 Å². The molecule has 150 valence electrons. The molecule has 6 heteroatoms. The van der Waals surface area contributed by atoms with Gasteiger partial charge in [-0.2, -0.15) is 0 Å². The smallest absolute Gasteiger partial charge is 0.253 e. The van der Waals surface area contributed by atoms with Crippen LogP contribution < -0.4 is 5.73 Å². The van der Waals surface area contributed by atoms with Gasteiger partial charge >= 0.3 is 0 Å². The summed E-state index contributed by atoms with van der Waals surface area (Å²) in [7, 11) is 0. The number of benzene rings is 2. The highest BCUT2D eigenvalue weighted by molar-refractivity contribution is 5.95. The average molecular weight is 390 g/mol. The van der Waals surface area contributed by atoms with Gasteiger partial charge in [-0.15, -0.1) is 0 Å². The molecule has 0 atom stereocenters. The molecule has 3 aromatic rings. The van der Waals surface area contributed by atoms with E-state index in [0.29, 0.717) is 19.6 Å². The Bertz CT molecular complexity index is 973. The highest BCUT2D eigenvalue weighted by atomic mass is 16.3. The second-order valence-corrected chi connectivity index (χ2v) is 7.41. The molecule has 1 aliphatic heterocycles. The van der Waals surface area contributed by atoms with Crippen molar-refractivity contribution in [1.29, 1.82) is 0 Å². The predicted molar refractivity (Wildman–Crippen MR) is 112 cm³/mol. The first-order chi connectivity index (χ1) is 14.1. The number of aryl methyl sites for hydroxylation is 1. The van der Waals surface area contributed by atoms with Crippen LogP contribution in [0.5, 0.6) is 0 Å². The SMILES string of the molecule is Cc1ocnc1CN1CCN(C(=O)c2cccc(-c3ccc(CN)cc3)c2)CC1. The maximum absolute atomic E-state index is 13.0. The van der Waals surface area contributed by atoms with E-state index < -0.39 is 0 Å². The number of oxazole rings is 1. The number of amides is 1. The molecule has 1 amide bonds. The van der Waals surface area contributed by atoms with Crippen LogP contribution in [-0.2, 0) is 13.1 Å². The molecule has 1 fully saturated rings. The Balaban J connectivity index is 1.40. The third-order valence-corrected chi connectivity index (χ3v) is 5.51. The lowest BCUT2D eigenvalue weighted by Gasteiger charge is -2.34. The zero-order valence-electron chi connectivity index (χ0n) is 16.7. The third-order valence-electron chi connectivity index (χ3n) is 5.51. The summed E-state index contributed by atoms with van der Waals surface area (Å²) in [6.07, 6.45) is 1.49. The van der Waals surface area contributed by atoms with Crippen LogP contribution in [0.1, 0.15) is 27.4 Å². The summed E-state index contributed by atoms with van der Waals surface area (Å²) in [5.74, 6) is 0.947. The first kappa shape index (κ1) is 19.4. The lowest BCUT2D eigenvalue weighted by molar-refractivity contribution is 0.0626. The van der Waals surface area contributed by atoms with E-state index in [2.05, 4.69) is 22.0 Å². The van der Waals surface area contributed by atoms with Crippen LogP contribution in [-0.4, -0.2) is 46.9 Å². The van der Waals surface area contributed by atoms with E-state index in [-0.39, 0.29) is 5.91 Å². The van der Waals surface area contributed by atoms with Crippen LogP contribution in [0.3, 0.4) is 0 Å². The molecule has 6 nitrogen and oxygen atoms in total. The molecule has 1 saturated heterocycles. The van der Waals surface area contributed by atoms with E-state index in [9.17, 15) is 4.79 Å². The summed E-state index contributed by atoms with van der Waals surface area (Å²) in [6.45, 7) is 6.31. The van der Waals surface area contributed by atoms with Gasteiger partial charge in [0.25, 0.3) is 5.91 Å². The molecule has 0 bridgehead atoms. The molecule has 1 aromatic heterocycles. The number of piperazine rings is 1. The number of carbonyl (C=O) groups excluding carboxylic acids is 1. The molecule has 0 spiro atoms. The van der Waals surface area contributed by atoms with Gasteiger partial charge in [0.15, 0.2) is 6.39 Å². The minimum atomic E-state index is 0.0858. The molecule has 29 heavy (non-hydrogen) atoms. The number of rotatable bonds is 5. The van der Waals surface area contributed by atoms with Crippen LogP contribution in [0, 0.1) is 6.92 Å². The van der Waals surface area contributed by atoms with Crippen molar-refractivity contribution in [1.82, 2.24) is 14.8 Å². The van der Waals surface area contributed by atoms with Gasteiger partial charge in [0.2, 0.25) is 0 Å². The van der Waals surface area contributed by atoms with Crippen molar-refractivity contribution in [3.8, 4) is 11.1 Å². The van der Waals surface area contributed by atoms with Crippen LogP contribution in [0.4, 0.5) is 0 Å². The van der Waals surface area contributed by atoms with Crippen molar-refractivity contribution < 1.29 is 9.21 Å². The first-order valence-corrected chi connectivity index (χ1v) is 9.94. The highest BCUT2D eigenvalue weighted by Gasteiger charge is 2.23. The predicted octanol–water partition coefficient (Wildman–Crippen LogP) is 3.07. The molecular formula is C23H26N4O2. The zero-order valence-corrected chi connectivity index (χ0v) is 16.7. The molecule has 2 aromatic carbocycles. The lowest BCUT2D eigenvalue weighted by Crippen LogP contribution is -2.48. The number of hydrogen-bond acceptors (Lipinski definition) is 5. The fourth-order valence-electron chi connectivity index (χ4n) is 3.65. The second-order valence-electron chi connectivity index (χ2n) is 7.41. The van der Waals surface area contributed by atoms with Gasteiger partial charge in [-0.05, 0) is 35.7 Å². The molecule has 1 aliphatic rings. The van der Waals surface area contributed by atoms with Crippen molar-refractivity contribution >= 4 is 5.91 Å². The Labute approximate surface area is 170 Å². The Kier molecular flexibility index (Phi) is 5.74. The molecule has 0 saturated carbocycles. The summed E-state index contributed by atoms with van der Waals surface area (Å²) in [5, 5.41) is 0. The third kappa shape index (κ3) is 4.39. The lowest BCUT2D eigenvalue weighted by atomic mass is 10.0. The quantitative estimate of drug-likeness (QED) is 0.725. The maximum Gasteiger partial charge on any atom is 0.253 e. The normalized spacial score (nSPS) is 14.9. The van der Waals surface area contributed by atoms with Crippen LogP contribution >= 0.6 is 0 Å². The zero-order chi connectivity index (χ0) is 20.2. The van der Waals surface area contributed by atoms with Gasteiger partial charge in [-0.3, -0.25) is 9.69 Å². The topological polar surface area (TPSA) is 75.6 Å². The van der Waals surface area contributed by atoms with Crippen molar-refractivity contribution in [3.63, 3.8) is 0 Å². The molecule has 2 heterocycles. The van der Waals surface area contributed by atoms with Gasteiger partial charge in [-0.1, -0.05) is 36.4 Å². The van der Waals surface area contributed by atoms with Crippen molar-refractivity contribution in [2.24, 2.45) is 5.73 Å². The van der Waals surface area contributed by atoms with E-state index in [4.69, 9.17) is 10.2 Å². The summed E-state index contributed by atoms with van der Waals surface area (Å²) < 4.78 is 5.28. The van der Waals surface area contributed by atoms with E-state index in [1.54, 1.807) is 0 Å². The van der Waals surface area contributed by atoms with E-state index in [1.807, 2.05) is 48.2 Å². The van der Waals surface area contributed by atoms with E-state index >= 15 is 0 Å². The molecule has 0 unspecified atom stereocenters. The summed E-state index contributed by atoms with van der Waals surface area (Å²) in [5.41, 5.74) is 10.6. The van der Waals surface area contributed by atoms with Gasteiger partial charge in [0, 0.05) is 44.8 Å². The minimum absolute atomic E-state index is 0.0858. The minimum Gasteiger partial charge on any atom is -0.448 e. The maximum atomic E-state index is 13.0. The monoisotopic (exact) mass is 390 g/mol. The highest BCUT2D eigenvalue weighted by Crippen LogP contribution is 2.22. The van der Waals surface area contributed by atoms with E-state index in [0.717, 1.165) is 53.3 Å². The average Bonchev–Trinajstić information content (AvgIpc) is 3.18. The van der Waals surface area contributed by atoms with Crippen molar-refractivity contribution in [2.45, 2.75) is 20.0 Å². The van der Waals surface area contributed by atoms with Crippen LogP contribution in [0.2, 0.25) is 0 Å². The summed E-state index contributed by atoms with van der Waals surface area (Å²) in [4.78, 5) is 21.5. The van der Waals surface area contributed by atoms with Gasteiger partial charge < -0.3 is 15.1 Å². The Morgan fingerprint density at radius 1 is 1.07 bits per heavy atom. The molecule has 2 N–H and O–H groups in total. The Morgan fingerprint density at radius 2 is 1.83 bits per heavy atom. The first-order valence-electron chi connectivity index (χ1n) is 9.94. The molecule has 4 rings (SSSR count). The Morgan fingerprint density at radius 3 is 2.48 bits per heavy atom. The largest absolute Gasteiger partial charge is 0.448 e. The fourth-order valence-corrected chi connectivity index (χ4v) is 3.65. The summed E-state index contributed by atoms with van der Waals surface area (Å²) in [6, 6.07) is 16.0. The second kappa shape index (κ2) is 8.59. The number of nitrogens with zero attached hydrogens (tertiary/aromatic N) is 3. The Hall–Kier alpha value is -2.96. The van der Waals surface area contributed by atoms with Gasteiger partial charge in [-0.25, -0.2) is 4.98 Å². The molecule has 0 radical (unpaired) electrons. The molecular weight excluding hydrogens is 364 g/mol. The van der Waals surface area contributed by atoms with Crippen molar-refractivity contribution in [3.05, 3.63) is 77.5 Å². The van der Waals surface area contributed by atoms with Crippen LogP contribution in [0.15, 0.2) is 59.3 Å². The number of aromatic nitrogens is 1. The number of carbonyl (C=O) groups is 1.